The van der Waals surface area contributed by atoms with E-state index < -0.39 is 17.7 Å². The molecule has 0 fully saturated rings. The standard InChI is InChI=1S/C18H20F2N2O/c1-13(16-11-14(19)9-10-17(16)20)21(2)12-18(23)22(3)15-7-5-4-6-8-15/h4-11,13H,12H2,1-3H3. The van der Waals surface area contributed by atoms with Crippen molar-refractivity contribution in [3.8, 4) is 0 Å². The Kier molecular flexibility index (Phi) is 5.45. The summed E-state index contributed by atoms with van der Waals surface area (Å²) in [6.07, 6.45) is 0. The molecule has 2 aromatic rings. The molecule has 3 nitrogen and oxygen atoms in total. The monoisotopic (exact) mass is 318 g/mol. The average Bonchev–Trinajstić information content (AvgIpc) is 2.56. The summed E-state index contributed by atoms with van der Waals surface area (Å²) >= 11 is 0. The van der Waals surface area contributed by atoms with Crippen LogP contribution in [0.1, 0.15) is 18.5 Å². The molecule has 0 saturated carbocycles. The lowest BCUT2D eigenvalue weighted by atomic mass is 10.1. The minimum Gasteiger partial charge on any atom is -0.314 e. The molecule has 0 saturated heterocycles. The molecular weight excluding hydrogens is 298 g/mol. The topological polar surface area (TPSA) is 23.6 Å². The zero-order valence-electron chi connectivity index (χ0n) is 13.5. The number of benzene rings is 2. The third-order valence-corrected chi connectivity index (χ3v) is 3.97. The zero-order chi connectivity index (χ0) is 17.0. The fourth-order valence-electron chi connectivity index (χ4n) is 2.32. The molecule has 0 bridgehead atoms. The van der Waals surface area contributed by atoms with Gasteiger partial charge in [0.25, 0.3) is 0 Å². The maximum absolute atomic E-state index is 13.9. The number of amides is 1. The molecule has 1 unspecified atom stereocenters. The summed E-state index contributed by atoms with van der Waals surface area (Å²) in [6.45, 7) is 1.84. The molecule has 23 heavy (non-hydrogen) atoms. The van der Waals surface area contributed by atoms with Gasteiger partial charge in [-0.15, -0.1) is 0 Å². The first kappa shape index (κ1) is 17.1. The van der Waals surface area contributed by atoms with E-state index in [1.165, 1.54) is 6.07 Å². The third-order valence-electron chi connectivity index (χ3n) is 3.97. The van der Waals surface area contributed by atoms with E-state index in [-0.39, 0.29) is 18.0 Å². The third kappa shape index (κ3) is 4.13. The Labute approximate surface area is 135 Å². The van der Waals surface area contributed by atoms with E-state index in [0.717, 1.165) is 17.8 Å². The number of likely N-dealkylation sites (N-methyl/N-ethyl adjacent to an activating group) is 2. The summed E-state index contributed by atoms with van der Waals surface area (Å²) in [6, 6.07) is 12.2. The Morgan fingerprint density at radius 2 is 1.74 bits per heavy atom. The van der Waals surface area contributed by atoms with Crippen molar-refractivity contribution < 1.29 is 13.6 Å². The molecule has 0 heterocycles. The maximum atomic E-state index is 13.9. The van der Waals surface area contributed by atoms with Crippen LogP contribution in [0.15, 0.2) is 48.5 Å². The van der Waals surface area contributed by atoms with E-state index in [4.69, 9.17) is 0 Å². The number of nitrogens with zero attached hydrogens (tertiary/aromatic N) is 2. The Morgan fingerprint density at radius 3 is 2.39 bits per heavy atom. The lowest BCUT2D eigenvalue weighted by Crippen LogP contribution is -2.37. The second-order valence-electron chi connectivity index (χ2n) is 5.55. The van der Waals surface area contributed by atoms with Crippen LogP contribution in [0.5, 0.6) is 0 Å². The van der Waals surface area contributed by atoms with Gasteiger partial charge in [0, 0.05) is 24.3 Å². The minimum absolute atomic E-state index is 0.0997. The van der Waals surface area contributed by atoms with Crippen LogP contribution in [-0.2, 0) is 4.79 Å². The Bertz CT molecular complexity index is 676. The molecule has 5 heteroatoms. The van der Waals surface area contributed by atoms with E-state index in [9.17, 15) is 13.6 Å². The molecule has 1 atom stereocenters. The number of halogens is 2. The van der Waals surface area contributed by atoms with Crippen molar-refractivity contribution in [1.29, 1.82) is 0 Å². The lowest BCUT2D eigenvalue weighted by Gasteiger charge is -2.27. The zero-order valence-corrected chi connectivity index (χ0v) is 13.5. The van der Waals surface area contributed by atoms with Crippen molar-refractivity contribution in [3.05, 3.63) is 65.7 Å². The van der Waals surface area contributed by atoms with Crippen LogP contribution in [0.4, 0.5) is 14.5 Å². The van der Waals surface area contributed by atoms with Crippen molar-refractivity contribution >= 4 is 11.6 Å². The highest BCUT2D eigenvalue weighted by molar-refractivity contribution is 5.94. The fraction of sp³-hybridized carbons (Fsp3) is 0.278. The largest absolute Gasteiger partial charge is 0.314 e. The van der Waals surface area contributed by atoms with Crippen molar-refractivity contribution in [2.24, 2.45) is 0 Å². The van der Waals surface area contributed by atoms with Gasteiger partial charge in [-0.1, -0.05) is 18.2 Å². The summed E-state index contributed by atoms with van der Waals surface area (Å²) < 4.78 is 27.2. The first-order chi connectivity index (χ1) is 10.9. The Balaban J connectivity index is 2.07. The van der Waals surface area contributed by atoms with Crippen LogP contribution in [0.2, 0.25) is 0 Å². The highest BCUT2D eigenvalue weighted by atomic mass is 19.1. The van der Waals surface area contributed by atoms with Gasteiger partial charge >= 0.3 is 0 Å². The molecule has 2 aromatic carbocycles. The number of hydrogen-bond acceptors (Lipinski definition) is 2. The quantitative estimate of drug-likeness (QED) is 0.840. The number of carbonyl (C=O) groups is 1. The number of anilines is 1. The number of para-hydroxylation sites is 1. The summed E-state index contributed by atoms with van der Waals surface area (Å²) in [5, 5.41) is 0. The molecule has 0 radical (unpaired) electrons. The summed E-state index contributed by atoms with van der Waals surface area (Å²) in [5.74, 6) is -1.09. The predicted octanol–water partition coefficient (Wildman–Crippen LogP) is 3.62. The summed E-state index contributed by atoms with van der Waals surface area (Å²) in [5.41, 5.74) is 1.03. The van der Waals surface area contributed by atoms with Gasteiger partial charge in [0.05, 0.1) is 6.54 Å². The van der Waals surface area contributed by atoms with E-state index in [2.05, 4.69) is 0 Å². The van der Waals surface area contributed by atoms with Gasteiger partial charge in [-0.25, -0.2) is 8.78 Å². The van der Waals surface area contributed by atoms with E-state index in [1.54, 1.807) is 30.8 Å². The Hall–Kier alpha value is -2.27. The first-order valence-electron chi connectivity index (χ1n) is 7.37. The summed E-state index contributed by atoms with van der Waals surface area (Å²) in [7, 11) is 3.41. The molecule has 0 aliphatic rings. The Morgan fingerprint density at radius 1 is 1.09 bits per heavy atom. The molecule has 0 spiro atoms. The fourth-order valence-corrected chi connectivity index (χ4v) is 2.32. The molecule has 0 N–H and O–H groups in total. The molecule has 1 amide bonds. The number of carbonyl (C=O) groups excluding carboxylic acids is 1. The van der Waals surface area contributed by atoms with Crippen molar-refractivity contribution in [2.45, 2.75) is 13.0 Å². The molecule has 0 aliphatic carbocycles. The number of hydrogen-bond donors (Lipinski definition) is 0. The van der Waals surface area contributed by atoms with Gasteiger partial charge in [-0.2, -0.15) is 0 Å². The van der Waals surface area contributed by atoms with Crippen LogP contribution in [0.3, 0.4) is 0 Å². The van der Waals surface area contributed by atoms with Crippen LogP contribution >= 0.6 is 0 Å². The molecular formula is C18H20F2N2O. The van der Waals surface area contributed by atoms with Gasteiger partial charge in [0.2, 0.25) is 5.91 Å². The molecule has 122 valence electrons. The van der Waals surface area contributed by atoms with Gasteiger partial charge in [-0.05, 0) is 44.3 Å². The SMILES string of the molecule is CC(c1cc(F)ccc1F)N(C)CC(=O)N(C)c1ccccc1. The first-order valence-corrected chi connectivity index (χ1v) is 7.37. The van der Waals surface area contributed by atoms with Gasteiger partial charge < -0.3 is 4.90 Å². The van der Waals surface area contributed by atoms with Crippen LogP contribution in [-0.4, -0.2) is 31.4 Å². The highest BCUT2D eigenvalue weighted by Gasteiger charge is 2.20. The van der Waals surface area contributed by atoms with E-state index >= 15 is 0 Å². The molecule has 0 aromatic heterocycles. The van der Waals surface area contributed by atoms with Crippen LogP contribution in [0, 0.1) is 11.6 Å². The van der Waals surface area contributed by atoms with Crippen molar-refractivity contribution in [1.82, 2.24) is 4.90 Å². The predicted molar refractivity (Wildman–Crippen MR) is 87.3 cm³/mol. The van der Waals surface area contributed by atoms with Crippen LogP contribution in [0.25, 0.3) is 0 Å². The summed E-state index contributed by atoms with van der Waals surface area (Å²) in [4.78, 5) is 15.6. The molecule has 0 aliphatic heterocycles. The van der Waals surface area contributed by atoms with Gasteiger partial charge in [-0.3, -0.25) is 9.69 Å². The normalized spacial score (nSPS) is 12.3. The second kappa shape index (κ2) is 7.33. The van der Waals surface area contributed by atoms with E-state index in [0.29, 0.717) is 0 Å². The lowest BCUT2D eigenvalue weighted by molar-refractivity contribution is -0.119. The average molecular weight is 318 g/mol. The van der Waals surface area contributed by atoms with Gasteiger partial charge in [0.15, 0.2) is 0 Å². The second-order valence-corrected chi connectivity index (χ2v) is 5.55. The molecule has 2 rings (SSSR count). The van der Waals surface area contributed by atoms with E-state index in [1.807, 2.05) is 30.3 Å². The number of rotatable bonds is 5. The highest BCUT2D eigenvalue weighted by Crippen LogP contribution is 2.23. The smallest absolute Gasteiger partial charge is 0.240 e. The van der Waals surface area contributed by atoms with Crippen molar-refractivity contribution in [3.63, 3.8) is 0 Å². The van der Waals surface area contributed by atoms with Crippen LogP contribution < -0.4 is 4.90 Å². The van der Waals surface area contributed by atoms with Crippen molar-refractivity contribution in [2.75, 3.05) is 25.5 Å². The minimum atomic E-state index is -0.491. The van der Waals surface area contributed by atoms with Gasteiger partial charge in [0.1, 0.15) is 11.6 Å². The maximum Gasteiger partial charge on any atom is 0.240 e.